The van der Waals surface area contributed by atoms with E-state index in [0.29, 0.717) is 13.1 Å². The minimum absolute atomic E-state index is 0.0233. The van der Waals surface area contributed by atoms with E-state index in [1.165, 1.54) is 36.4 Å². The van der Waals surface area contributed by atoms with Crippen molar-refractivity contribution >= 4 is 27.3 Å². The van der Waals surface area contributed by atoms with Crippen LogP contribution in [0.1, 0.15) is 25.7 Å². The summed E-state index contributed by atoms with van der Waals surface area (Å²) in [5.74, 6) is -0.307. The number of nitrogens with zero attached hydrogens (tertiary/aromatic N) is 3. The number of anilines is 1. The molecule has 9 heteroatoms. The van der Waals surface area contributed by atoms with Gasteiger partial charge in [0.25, 0.3) is 15.7 Å². The summed E-state index contributed by atoms with van der Waals surface area (Å²) in [7, 11) is -4.08. The topological polar surface area (TPSA) is 101 Å². The highest BCUT2D eigenvalue weighted by molar-refractivity contribution is 7.92. The van der Waals surface area contributed by atoms with Crippen molar-refractivity contribution in [3.8, 4) is 0 Å². The summed E-state index contributed by atoms with van der Waals surface area (Å²) in [6.45, 7) is 0.776. The fraction of sp³-hybridized carbons (Fsp3) is 0.350. The molecular formula is C20H23N3O5S. The lowest BCUT2D eigenvalue weighted by molar-refractivity contribution is -0.384. The number of hydrogen-bond donors (Lipinski definition) is 0. The summed E-state index contributed by atoms with van der Waals surface area (Å²) in [5.41, 5.74) is -0.149. The Balaban J connectivity index is 1.98. The minimum Gasteiger partial charge on any atom is -0.341 e. The Morgan fingerprint density at radius 3 is 2.28 bits per heavy atom. The van der Waals surface area contributed by atoms with E-state index in [1.54, 1.807) is 23.1 Å². The molecule has 1 saturated heterocycles. The largest absolute Gasteiger partial charge is 0.341 e. The number of carbonyl (C=O) groups is 1. The van der Waals surface area contributed by atoms with Crippen LogP contribution in [0, 0.1) is 10.1 Å². The van der Waals surface area contributed by atoms with Gasteiger partial charge >= 0.3 is 0 Å². The van der Waals surface area contributed by atoms with Crippen LogP contribution in [0.4, 0.5) is 11.4 Å². The first-order chi connectivity index (χ1) is 13.9. The van der Waals surface area contributed by atoms with Crippen LogP contribution in [0.25, 0.3) is 0 Å². The lowest BCUT2D eigenvalue weighted by Crippen LogP contribution is -2.43. The second kappa shape index (κ2) is 9.04. The SMILES string of the molecule is O=C(CN(c1cccc([N+](=O)[O-])c1)S(=O)(=O)c1ccccc1)N1CCCCCC1. The standard InChI is InChI=1S/C20H23N3O5S/c24-20(21-13-6-1-2-7-14-21)16-22(17-9-8-10-18(15-17)23(25)26)29(27,28)19-11-4-3-5-12-19/h3-5,8-12,15H,1-2,6-7,13-14,16H2. The molecule has 2 aromatic rings. The number of hydrogen-bond acceptors (Lipinski definition) is 5. The van der Waals surface area contributed by atoms with Crippen molar-refractivity contribution in [3.05, 3.63) is 64.7 Å². The lowest BCUT2D eigenvalue weighted by Gasteiger charge is -2.27. The fourth-order valence-electron chi connectivity index (χ4n) is 3.34. The van der Waals surface area contributed by atoms with Crippen LogP contribution in [0.15, 0.2) is 59.5 Å². The van der Waals surface area contributed by atoms with E-state index < -0.39 is 21.5 Å². The molecule has 1 amide bonds. The van der Waals surface area contributed by atoms with Crippen LogP contribution in [-0.2, 0) is 14.8 Å². The van der Waals surface area contributed by atoms with E-state index >= 15 is 0 Å². The molecule has 0 aromatic heterocycles. The van der Waals surface area contributed by atoms with Crippen molar-refractivity contribution in [1.82, 2.24) is 4.90 Å². The van der Waals surface area contributed by atoms with Gasteiger partial charge in [0.15, 0.2) is 0 Å². The van der Waals surface area contributed by atoms with Gasteiger partial charge in [-0.3, -0.25) is 19.2 Å². The van der Waals surface area contributed by atoms with Crippen molar-refractivity contribution in [1.29, 1.82) is 0 Å². The summed E-state index contributed by atoms with van der Waals surface area (Å²) in [6, 6.07) is 13.1. The van der Waals surface area contributed by atoms with Gasteiger partial charge in [0.1, 0.15) is 6.54 Å². The highest BCUT2D eigenvalue weighted by Crippen LogP contribution is 2.27. The van der Waals surface area contributed by atoms with Crippen molar-refractivity contribution in [2.75, 3.05) is 23.9 Å². The lowest BCUT2D eigenvalue weighted by atomic mass is 10.2. The van der Waals surface area contributed by atoms with Crippen LogP contribution in [0.2, 0.25) is 0 Å². The van der Waals surface area contributed by atoms with Crippen LogP contribution in [0.5, 0.6) is 0 Å². The maximum absolute atomic E-state index is 13.3. The number of non-ortho nitro benzene ring substituents is 1. The van der Waals surface area contributed by atoms with Crippen molar-refractivity contribution in [2.45, 2.75) is 30.6 Å². The molecule has 0 unspecified atom stereocenters. The molecule has 2 aromatic carbocycles. The summed E-state index contributed by atoms with van der Waals surface area (Å²) in [6.07, 6.45) is 3.85. The van der Waals surface area contributed by atoms with Gasteiger partial charge in [-0.05, 0) is 31.0 Å². The molecule has 0 atom stereocenters. The first-order valence-corrected chi connectivity index (χ1v) is 10.9. The van der Waals surface area contributed by atoms with Gasteiger partial charge in [-0.1, -0.05) is 37.1 Å². The number of benzene rings is 2. The summed E-state index contributed by atoms with van der Waals surface area (Å²) < 4.78 is 27.5. The summed E-state index contributed by atoms with van der Waals surface area (Å²) in [5, 5.41) is 11.2. The average molecular weight is 417 g/mol. The highest BCUT2D eigenvalue weighted by Gasteiger charge is 2.30. The first kappa shape index (κ1) is 20.8. The third-order valence-corrected chi connectivity index (χ3v) is 6.69. The monoisotopic (exact) mass is 417 g/mol. The molecule has 0 aliphatic carbocycles. The molecule has 3 rings (SSSR count). The Morgan fingerprint density at radius 2 is 1.66 bits per heavy atom. The van der Waals surface area contributed by atoms with E-state index in [-0.39, 0.29) is 22.2 Å². The molecule has 0 spiro atoms. The summed E-state index contributed by atoms with van der Waals surface area (Å²) >= 11 is 0. The molecule has 0 bridgehead atoms. The first-order valence-electron chi connectivity index (χ1n) is 9.49. The minimum atomic E-state index is -4.08. The second-order valence-electron chi connectivity index (χ2n) is 6.90. The Labute approximate surface area is 169 Å². The zero-order chi connectivity index (χ0) is 20.9. The predicted octanol–water partition coefficient (Wildman–Crippen LogP) is 3.19. The molecule has 1 aliphatic rings. The van der Waals surface area contributed by atoms with Gasteiger partial charge in [-0.15, -0.1) is 0 Å². The van der Waals surface area contributed by atoms with Crippen LogP contribution < -0.4 is 4.31 Å². The molecule has 154 valence electrons. The molecule has 1 aliphatic heterocycles. The normalized spacial score (nSPS) is 14.8. The number of sulfonamides is 1. The molecule has 1 fully saturated rings. The number of amides is 1. The molecule has 29 heavy (non-hydrogen) atoms. The summed E-state index contributed by atoms with van der Waals surface area (Å²) in [4.78, 5) is 25.2. The number of nitro groups is 1. The Bertz CT molecular complexity index is 971. The molecular weight excluding hydrogens is 394 g/mol. The third kappa shape index (κ3) is 4.92. The maximum Gasteiger partial charge on any atom is 0.271 e. The Morgan fingerprint density at radius 1 is 1.00 bits per heavy atom. The highest BCUT2D eigenvalue weighted by atomic mass is 32.2. The fourth-order valence-corrected chi connectivity index (χ4v) is 4.77. The number of likely N-dealkylation sites (tertiary alicyclic amines) is 1. The smallest absolute Gasteiger partial charge is 0.271 e. The van der Waals surface area contributed by atoms with E-state index in [9.17, 15) is 23.3 Å². The van der Waals surface area contributed by atoms with E-state index in [4.69, 9.17) is 0 Å². The Hall–Kier alpha value is -2.94. The van der Waals surface area contributed by atoms with E-state index in [0.717, 1.165) is 30.0 Å². The molecule has 0 radical (unpaired) electrons. The van der Waals surface area contributed by atoms with Gasteiger partial charge in [-0.2, -0.15) is 0 Å². The zero-order valence-corrected chi connectivity index (χ0v) is 16.8. The quantitative estimate of drug-likeness (QED) is 0.531. The number of rotatable bonds is 6. The van der Waals surface area contributed by atoms with Crippen LogP contribution in [-0.4, -0.2) is 43.8 Å². The maximum atomic E-state index is 13.3. The van der Waals surface area contributed by atoms with Crippen molar-refractivity contribution < 1.29 is 18.1 Å². The van der Waals surface area contributed by atoms with Gasteiger partial charge in [-0.25, -0.2) is 8.42 Å². The zero-order valence-electron chi connectivity index (χ0n) is 15.9. The van der Waals surface area contributed by atoms with E-state index in [1.807, 2.05) is 0 Å². The second-order valence-corrected chi connectivity index (χ2v) is 8.76. The van der Waals surface area contributed by atoms with Gasteiger partial charge in [0.05, 0.1) is 15.5 Å². The van der Waals surface area contributed by atoms with E-state index in [2.05, 4.69) is 0 Å². The average Bonchev–Trinajstić information content (AvgIpc) is 3.02. The molecule has 1 heterocycles. The van der Waals surface area contributed by atoms with Crippen molar-refractivity contribution in [2.24, 2.45) is 0 Å². The molecule has 0 N–H and O–H groups in total. The molecule has 8 nitrogen and oxygen atoms in total. The van der Waals surface area contributed by atoms with Crippen LogP contribution in [0.3, 0.4) is 0 Å². The number of nitro benzene ring substituents is 1. The van der Waals surface area contributed by atoms with Gasteiger partial charge in [0.2, 0.25) is 5.91 Å². The Kier molecular flexibility index (Phi) is 6.48. The third-order valence-electron chi connectivity index (χ3n) is 4.90. The molecule has 0 saturated carbocycles. The van der Waals surface area contributed by atoms with Crippen molar-refractivity contribution in [3.63, 3.8) is 0 Å². The predicted molar refractivity (Wildman–Crippen MR) is 109 cm³/mol. The van der Waals surface area contributed by atoms with Gasteiger partial charge in [0, 0.05) is 25.2 Å². The number of carbonyl (C=O) groups excluding carboxylic acids is 1. The van der Waals surface area contributed by atoms with Crippen LogP contribution >= 0.6 is 0 Å². The van der Waals surface area contributed by atoms with Gasteiger partial charge < -0.3 is 4.90 Å².